The molecule has 0 aromatic heterocycles. The topological polar surface area (TPSA) is 72.2 Å². The second-order valence-electron chi connectivity index (χ2n) is 4.00. The number of halogens is 3. The summed E-state index contributed by atoms with van der Waals surface area (Å²) in [6.07, 6.45) is 0. The maximum atomic E-state index is 13.7. The zero-order chi connectivity index (χ0) is 15.6. The van der Waals surface area contributed by atoms with Crippen molar-refractivity contribution in [3.8, 4) is 0 Å². The van der Waals surface area contributed by atoms with Gasteiger partial charge < -0.3 is 5.32 Å². The summed E-state index contributed by atoms with van der Waals surface area (Å²) in [7, 11) is 0. The van der Waals surface area contributed by atoms with Gasteiger partial charge in [-0.15, -0.1) is 0 Å². The highest BCUT2D eigenvalue weighted by Crippen LogP contribution is 2.29. The van der Waals surface area contributed by atoms with Gasteiger partial charge in [-0.3, -0.25) is 14.9 Å². The molecule has 2 rings (SSSR count). The minimum atomic E-state index is -1.21. The highest BCUT2D eigenvalue weighted by molar-refractivity contribution is 14.1. The normalized spacial score (nSPS) is 10.2. The van der Waals surface area contributed by atoms with Gasteiger partial charge in [0.1, 0.15) is 5.82 Å². The second kappa shape index (κ2) is 6.12. The van der Waals surface area contributed by atoms with Gasteiger partial charge in [0.2, 0.25) is 0 Å². The van der Waals surface area contributed by atoms with Gasteiger partial charge in [0, 0.05) is 15.2 Å². The number of nitro benzene ring substituents is 1. The van der Waals surface area contributed by atoms with Gasteiger partial charge >= 0.3 is 0 Å². The standard InChI is InChI=1S/C13H7F2IN2O3/c14-8-5-10(15)12(11(6-8)18(20)21)17-13(19)7-1-3-9(16)4-2-7/h1-6H,(H,17,19). The number of hydrogen-bond acceptors (Lipinski definition) is 3. The average Bonchev–Trinajstić information content (AvgIpc) is 2.41. The number of benzene rings is 2. The molecule has 0 saturated heterocycles. The van der Waals surface area contributed by atoms with E-state index in [0.717, 1.165) is 3.57 Å². The SMILES string of the molecule is O=C(Nc1c(F)cc(F)cc1[N+](=O)[O-])c1ccc(I)cc1. The Morgan fingerprint density at radius 2 is 1.81 bits per heavy atom. The number of nitro groups is 1. The third-order valence-electron chi connectivity index (χ3n) is 2.58. The van der Waals surface area contributed by atoms with E-state index in [-0.39, 0.29) is 5.56 Å². The molecular formula is C13H7F2IN2O3. The Hall–Kier alpha value is -2.10. The Morgan fingerprint density at radius 3 is 2.38 bits per heavy atom. The summed E-state index contributed by atoms with van der Waals surface area (Å²) in [5.74, 6) is -3.02. The second-order valence-corrected chi connectivity index (χ2v) is 5.25. The number of nitrogens with one attached hydrogen (secondary N) is 1. The highest BCUT2D eigenvalue weighted by atomic mass is 127. The van der Waals surface area contributed by atoms with E-state index in [1.807, 2.05) is 22.6 Å². The van der Waals surface area contributed by atoms with E-state index in [2.05, 4.69) is 5.32 Å². The summed E-state index contributed by atoms with van der Waals surface area (Å²) in [6.45, 7) is 0. The molecule has 1 amide bonds. The first-order valence-corrected chi connectivity index (χ1v) is 6.66. The predicted molar refractivity (Wildman–Crippen MR) is 80.1 cm³/mol. The molecule has 0 bridgehead atoms. The van der Waals surface area contributed by atoms with Crippen molar-refractivity contribution in [2.24, 2.45) is 0 Å². The number of hydrogen-bond donors (Lipinski definition) is 1. The van der Waals surface area contributed by atoms with E-state index < -0.39 is 33.8 Å². The van der Waals surface area contributed by atoms with Crippen LogP contribution in [0.25, 0.3) is 0 Å². The Morgan fingerprint density at radius 1 is 1.19 bits per heavy atom. The fraction of sp³-hybridized carbons (Fsp3) is 0. The van der Waals surface area contributed by atoms with Crippen LogP contribution in [0.4, 0.5) is 20.2 Å². The van der Waals surface area contributed by atoms with Crippen LogP contribution in [0.1, 0.15) is 10.4 Å². The molecule has 8 heteroatoms. The summed E-state index contributed by atoms with van der Waals surface area (Å²) in [4.78, 5) is 21.8. The fourth-order valence-electron chi connectivity index (χ4n) is 1.61. The van der Waals surface area contributed by atoms with E-state index in [4.69, 9.17) is 0 Å². The molecule has 21 heavy (non-hydrogen) atoms. The van der Waals surface area contributed by atoms with Gasteiger partial charge in [-0.25, -0.2) is 8.78 Å². The zero-order valence-corrected chi connectivity index (χ0v) is 12.4. The van der Waals surface area contributed by atoms with Gasteiger partial charge in [0.15, 0.2) is 11.5 Å². The number of amides is 1. The Kier molecular flexibility index (Phi) is 4.46. The van der Waals surface area contributed by atoms with Crippen LogP contribution in [0.5, 0.6) is 0 Å². The number of carbonyl (C=O) groups excluding carboxylic acids is 1. The van der Waals surface area contributed by atoms with Crippen molar-refractivity contribution < 1.29 is 18.5 Å². The van der Waals surface area contributed by atoms with E-state index in [9.17, 15) is 23.7 Å². The summed E-state index contributed by atoms with van der Waals surface area (Å²) < 4.78 is 27.6. The lowest BCUT2D eigenvalue weighted by atomic mass is 10.2. The molecule has 0 radical (unpaired) electrons. The molecule has 0 atom stereocenters. The van der Waals surface area contributed by atoms with E-state index in [0.29, 0.717) is 12.1 Å². The van der Waals surface area contributed by atoms with E-state index in [1.165, 1.54) is 12.1 Å². The summed E-state index contributed by atoms with van der Waals surface area (Å²) in [5, 5.41) is 12.9. The number of nitrogens with zero attached hydrogens (tertiary/aromatic N) is 1. The summed E-state index contributed by atoms with van der Waals surface area (Å²) in [6, 6.07) is 7.31. The Labute approximate surface area is 131 Å². The minimum Gasteiger partial charge on any atom is -0.314 e. The molecule has 5 nitrogen and oxygen atoms in total. The van der Waals surface area contributed by atoms with Crippen LogP contribution in [-0.2, 0) is 0 Å². The molecule has 108 valence electrons. The van der Waals surface area contributed by atoms with E-state index in [1.54, 1.807) is 12.1 Å². The molecule has 0 aliphatic carbocycles. The van der Waals surface area contributed by atoms with Crippen molar-refractivity contribution in [1.29, 1.82) is 0 Å². The highest BCUT2D eigenvalue weighted by Gasteiger charge is 2.22. The molecule has 0 saturated carbocycles. The van der Waals surface area contributed by atoms with Crippen LogP contribution in [0.15, 0.2) is 36.4 Å². The number of anilines is 1. The quantitative estimate of drug-likeness (QED) is 0.482. The van der Waals surface area contributed by atoms with Gasteiger partial charge in [0.25, 0.3) is 11.6 Å². The van der Waals surface area contributed by atoms with Crippen LogP contribution in [0.2, 0.25) is 0 Å². The lowest BCUT2D eigenvalue weighted by Gasteiger charge is -2.07. The van der Waals surface area contributed by atoms with Gasteiger partial charge in [0.05, 0.1) is 11.0 Å². The molecule has 0 unspecified atom stereocenters. The van der Waals surface area contributed by atoms with Crippen molar-refractivity contribution in [3.63, 3.8) is 0 Å². The molecule has 0 aliphatic heterocycles. The maximum Gasteiger partial charge on any atom is 0.298 e. The molecule has 0 aliphatic rings. The van der Waals surface area contributed by atoms with Crippen LogP contribution in [0, 0.1) is 25.3 Å². The van der Waals surface area contributed by atoms with Crippen molar-refractivity contribution >= 4 is 39.9 Å². The van der Waals surface area contributed by atoms with Gasteiger partial charge in [-0.2, -0.15) is 0 Å². The smallest absolute Gasteiger partial charge is 0.298 e. The summed E-state index contributed by atoms with van der Waals surface area (Å²) >= 11 is 2.04. The Bertz CT molecular complexity index is 720. The predicted octanol–water partition coefficient (Wildman–Crippen LogP) is 3.73. The lowest BCUT2D eigenvalue weighted by molar-refractivity contribution is -0.384. The molecule has 0 spiro atoms. The molecule has 2 aromatic carbocycles. The molecule has 0 heterocycles. The molecule has 1 N–H and O–H groups in total. The number of rotatable bonds is 3. The molecule has 0 fully saturated rings. The molecular weight excluding hydrogens is 397 g/mol. The summed E-state index contributed by atoms with van der Waals surface area (Å²) in [5.41, 5.74) is -1.30. The maximum absolute atomic E-state index is 13.7. The van der Waals surface area contributed by atoms with Crippen LogP contribution < -0.4 is 5.32 Å². The van der Waals surface area contributed by atoms with Gasteiger partial charge in [-0.05, 0) is 46.9 Å². The van der Waals surface area contributed by atoms with Crippen molar-refractivity contribution in [2.45, 2.75) is 0 Å². The number of carbonyl (C=O) groups is 1. The lowest BCUT2D eigenvalue weighted by Crippen LogP contribution is -2.14. The Balaban J connectivity index is 2.37. The minimum absolute atomic E-state index is 0.202. The first-order chi connectivity index (χ1) is 9.88. The third kappa shape index (κ3) is 3.51. The van der Waals surface area contributed by atoms with Crippen LogP contribution in [-0.4, -0.2) is 10.8 Å². The van der Waals surface area contributed by atoms with Crippen molar-refractivity contribution in [1.82, 2.24) is 0 Å². The van der Waals surface area contributed by atoms with Crippen molar-refractivity contribution in [2.75, 3.05) is 5.32 Å². The average molecular weight is 404 g/mol. The molecule has 2 aromatic rings. The first kappa shape index (κ1) is 15.3. The fourth-order valence-corrected chi connectivity index (χ4v) is 1.97. The van der Waals surface area contributed by atoms with Gasteiger partial charge in [-0.1, -0.05) is 0 Å². The third-order valence-corrected chi connectivity index (χ3v) is 3.29. The first-order valence-electron chi connectivity index (χ1n) is 5.59. The van der Waals surface area contributed by atoms with Crippen LogP contribution >= 0.6 is 22.6 Å². The van der Waals surface area contributed by atoms with Crippen LogP contribution in [0.3, 0.4) is 0 Å². The zero-order valence-electron chi connectivity index (χ0n) is 10.3. The van der Waals surface area contributed by atoms with E-state index >= 15 is 0 Å². The van der Waals surface area contributed by atoms with Crippen molar-refractivity contribution in [3.05, 3.63) is 67.3 Å². The monoisotopic (exact) mass is 404 g/mol. The largest absolute Gasteiger partial charge is 0.314 e.